The van der Waals surface area contributed by atoms with E-state index in [1.165, 1.54) is 0 Å². The summed E-state index contributed by atoms with van der Waals surface area (Å²) < 4.78 is 26.1. The Morgan fingerprint density at radius 2 is 1.81 bits per heavy atom. The lowest BCUT2D eigenvalue weighted by Gasteiger charge is -2.47. The summed E-state index contributed by atoms with van der Waals surface area (Å²) in [5.74, 6) is 0.748. The number of piperidine rings is 1. The van der Waals surface area contributed by atoms with E-state index in [0.29, 0.717) is 18.2 Å². The lowest BCUT2D eigenvalue weighted by Crippen LogP contribution is -2.59. The molecule has 0 bridgehead atoms. The van der Waals surface area contributed by atoms with Gasteiger partial charge in [-0.3, -0.25) is 9.69 Å². The molecule has 2 saturated heterocycles. The van der Waals surface area contributed by atoms with Gasteiger partial charge in [0.15, 0.2) is 0 Å². The molecule has 6 heteroatoms. The SMILES string of the molecule is COc1ccc(-c2ccc(CN3CCC4(CC3)CN(C3CC3)C(=O)CO4)c(F)c2)cc1. The van der Waals surface area contributed by atoms with Crippen molar-refractivity contribution in [1.29, 1.82) is 0 Å². The monoisotopic (exact) mass is 424 g/mol. The van der Waals surface area contributed by atoms with Crippen molar-refractivity contribution in [3.63, 3.8) is 0 Å². The third kappa shape index (κ3) is 4.32. The van der Waals surface area contributed by atoms with Crippen LogP contribution in [-0.2, 0) is 16.1 Å². The predicted octanol–water partition coefficient (Wildman–Crippen LogP) is 3.86. The van der Waals surface area contributed by atoms with Gasteiger partial charge in [-0.1, -0.05) is 24.3 Å². The van der Waals surface area contributed by atoms with E-state index >= 15 is 0 Å². The first-order chi connectivity index (χ1) is 15.0. The van der Waals surface area contributed by atoms with Crippen LogP contribution < -0.4 is 4.74 Å². The Labute approximate surface area is 182 Å². The fourth-order valence-corrected chi connectivity index (χ4v) is 4.76. The molecule has 0 N–H and O–H groups in total. The first kappa shape index (κ1) is 20.5. The summed E-state index contributed by atoms with van der Waals surface area (Å²) in [6.45, 7) is 3.22. The molecule has 2 aliphatic heterocycles. The molecule has 2 heterocycles. The number of carbonyl (C=O) groups is 1. The Bertz CT molecular complexity index is 950. The molecule has 0 aromatic heterocycles. The highest BCUT2D eigenvalue weighted by Crippen LogP contribution is 2.36. The van der Waals surface area contributed by atoms with Crippen molar-refractivity contribution >= 4 is 5.91 Å². The summed E-state index contributed by atoms with van der Waals surface area (Å²) in [6, 6.07) is 13.6. The van der Waals surface area contributed by atoms with E-state index in [0.717, 1.165) is 62.2 Å². The Kier molecular flexibility index (Phi) is 5.44. The Hall–Kier alpha value is -2.44. The highest BCUT2D eigenvalue weighted by Gasteiger charge is 2.46. The Morgan fingerprint density at radius 3 is 2.45 bits per heavy atom. The van der Waals surface area contributed by atoms with Gasteiger partial charge in [-0.25, -0.2) is 4.39 Å². The van der Waals surface area contributed by atoms with Crippen LogP contribution in [0.1, 0.15) is 31.2 Å². The molecule has 0 atom stereocenters. The van der Waals surface area contributed by atoms with Gasteiger partial charge in [0.05, 0.1) is 19.3 Å². The molecule has 3 aliphatic rings. The first-order valence-electron chi connectivity index (χ1n) is 11.1. The maximum atomic E-state index is 14.9. The maximum absolute atomic E-state index is 14.9. The van der Waals surface area contributed by atoms with Crippen LogP contribution in [0.25, 0.3) is 11.1 Å². The van der Waals surface area contributed by atoms with Crippen molar-refractivity contribution in [3.8, 4) is 16.9 Å². The van der Waals surface area contributed by atoms with Crippen molar-refractivity contribution < 1.29 is 18.7 Å². The van der Waals surface area contributed by atoms with Gasteiger partial charge in [0.25, 0.3) is 0 Å². The van der Waals surface area contributed by atoms with Gasteiger partial charge >= 0.3 is 0 Å². The van der Waals surface area contributed by atoms with E-state index in [1.54, 1.807) is 13.2 Å². The van der Waals surface area contributed by atoms with Gasteiger partial charge in [0.1, 0.15) is 18.2 Å². The van der Waals surface area contributed by atoms with Crippen LogP contribution in [0.5, 0.6) is 5.75 Å². The van der Waals surface area contributed by atoms with E-state index in [2.05, 4.69) is 4.90 Å². The first-order valence-corrected chi connectivity index (χ1v) is 11.1. The van der Waals surface area contributed by atoms with Crippen LogP contribution in [0.15, 0.2) is 42.5 Å². The van der Waals surface area contributed by atoms with Crippen molar-refractivity contribution in [2.75, 3.05) is 33.4 Å². The number of carbonyl (C=O) groups excluding carboxylic acids is 1. The number of benzene rings is 2. The van der Waals surface area contributed by atoms with Gasteiger partial charge in [-0.15, -0.1) is 0 Å². The molecule has 2 aromatic rings. The highest BCUT2D eigenvalue weighted by atomic mass is 19.1. The maximum Gasteiger partial charge on any atom is 0.248 e. The third-order valence-electron chi connectivity index (χ3n) is 6.91. The van der Waals surface area contributed by atoms with Gasteiger partial charge in [0.2, 0.25) is 5.91 Å². The van der Waals surface area contributed by atoms with E-state index in [4.69, 9.17) is 9.47 Å². The lowest BCUT2D eigenvalue weighted by atomic mass is 9.89. The molecular weight excluding hydrogens is 395 g/mol. The van der Waals surface area contributed by atoms with Crippen molar-refractivity contribution in [1.82, 2.24) is 9.80 Å². The molecule has 1 spiro atoms. The quantitative estimate of drug-likeness (QED) is 0.731. The third-order valence-corrected chi connectivity index (χ3v) is 6.91. The summed E-state index contributed by atoms with van der Waals surface area (Å²) in [5.41, 5.74) is 2.33. The molecule has 0 unspecified atom stereocenters. The summed E-state index contributed by atoms with van der Waals surface area (Å²) in [6.07, 6.45) is 4.02. The molecule has 2 aromatic carbocycles. The van der Waals surface area contributed by atoms with Crippen molar-refractivity contribution in [2.45, 2.75) is 43.9 Å². The largest absolute Gasteiger partial charge is 0.497 e. The van der Waals surface area contributed by atoms with Crippen LogP contribution >= 0.6 is 0 Å². The molecule has 5 rings (SSSR count). The summed E-state index contributed by atoms with van der Waals surface area (Å²) in [7, 11) is 1.63. The minimum absolute atomic E-state index is 0.134. The second kappa shape index (κ2) is 8.24. The zero-order valence-corrected chi connectivity index (χ0v) is 18.0. The van der Waals surface area contributed by atoms with Gasteiger partial charge in [-0.05, 0) is 55.0 Å². The molecule has 31 heavy (non-hydrogen) atoms. The predicted molar refractivity (Wildman–Crippen MR) is 116 cm³/mol. The molecule has 0 radical (unpaired) electrons. The molecule has 5 nitrogen and oxygen atoms in total. The Morgan fingerprint density at radius 1 is 1.10 bits per heavy atom. The van der Waals surface area contributed by atoms with Gasteiger partial charge < -0.3 is 14.4 Å². The fraction of sp³-hybridized carbons (Fsp3) is 0.480. The van der Waals surface area contributed by atoms with E-state index in [1.807, 2.05) is 41.3 Å². The average Bonchev–Trinajstić information content (AvgIpc) is 3.64. The summed E-state index contributed by atoms with van der Waals surface area (Å²) in [4.78, 5) is 16.5. The molecule has 1 amide bonds. The standard InChI is InChI=1S/C25H29FN2O3/c1-30-22-8-4-18(5-9-22)19-2-3-20(23(26)14-19)15-27-12-10-25(11-13-27)17-28(21-6-7-21)24(29)16-31-25/h2-5,8-9,14,21H,6-7,10-13,15-17H2,1H3. The second-order valence-electron chi connectivity index (χ2n) is 9.04. The topological polar surface area (TPSA) is 42.0 Å². The number of halogens is 1. The normalized spacial score (nSPS) is 21.5. The highest BCUT2D eigenvalue weighted by molar-refractivity contribution is 5.79. The zero-order valence-electron chi connectivity index (χ0n) is 18.0. The number of methoxy groups -OCH3 is 1. The number of ether oxygens (including phenoxy) is 2. The minimum atomic E-state index is -0.218. The number of likely N-dealkylation sites (tertiary alicyclic amines) is 1. The fourth-order valence-electron chi connectivity index (χ4n) is 4.76. The van der Waals surface area contributed by atoms with Gasteiger partial charge in [0, 0.05) is 31.2 Å². The van der Waals surface area contributed by atoms with Crippen LogP contribution in [0.3, 0.4) is 0 Å². The van der Waals surface area contributed by atoms with Crippen LogP contribution in [0.2, 0.25) is 0 Å². The van der Waals surface area contributed by atoms with E-state index in [9.17, 15) is 9.18 Å². The van der Waals surface area contributed by atoms with Crippen molar-refractivity contribution in [3.05, 3.63) is 53.8 Å². The summed E-state index contributed by atoms with van der Waals surface area (Å²) in [5, 5.41) is 0. The van der Waals surface area contributed by atoms with Crippen LogP contribution in [-0.4, -0.2) is 60.7 Å². The molecule has 3 fully saturated rings. The minimum Gasteiger partial charge on any atom is -0.497 e. The smallest absolute Gasteiger partial charge is 0.248 e. The number of morpholine rings is 1. The number of nitrogens with zero attached hydrogens (tertiary/aromatic N) is 2. The number of amides is 1. The Balaban J connectivity index is 1.20. The second-order valence-corrected chi connectivity index (χ2v) is 9.04. The van der Waals surface area contributed by atoms with E-state index in [-0.39, 0.29) is 23.9 Å². The van der Waals surface area contributed by atoms with Crippen LogP contribution in [0.4, 0.5) is 4.39 Å². The lowest BCUT2D eigenvalue weighted by molar-refractivity contribution is -0.172. The van der Waals surface area contributed by atoms with Crippen molar-refractivity contribution in [2.24, 2.45) is 0 Å². The zero-order chi connectivity index (χ0) is 21.4. The molecule has 1 aliphatic carbocycles. The van der Waals surface area contributed by atoms with E-state index < -0.39 is 0 Å². The number of hydrogen-bond donors (Lipinski definition) is 0. The number of rotatable bonds is 5. The molecule has 164 valence electrons. The van der Waals surface area contributed by atoms with Crippen LogP contribution in [0, 0.1) is 5.82 Å². The summed E-state index contributed by atoms with van der Waals surface area (Å²) >= 11 is 0. The average molecular weight is 425 g/mol. The molecular formula is C25H29FN2O3. The van der Waals surface area contributed by atoms with Gasteiger partial charge in [-0.2, -0.15) is 0 Å². The number of hydrogen-bond acceptors (Lipinski definition) is 4. The molecule has 1 saturated carbocycles.